The van der Waals surface area contributed by atoms with Gasteiger partial charge in [-0.3, -0.25) is 0 Å². The molecule has 0 aromatic heterocycles. The minimum atomic E-state index is -3.84. The van der Waals surface area contributed by atoms with Crippen LogP contribution in [0, 0.1) is 13.8 Å². The maximum Gasteiger partial charge on any atom is 0.265 e. The van der Waals surface area contributed by atoms with Crippen LogP contribution in [0.15, 0.2) is 11.0 Å². The fraction of sp³-hybridized carbons (Fsp3) is 0.333. The topological polar surface area (TPSA) is 43.4 Å². The number of halogens is 2. The maximum atomic E-state index is 11.3. The van der Waals surface area contributed by atoms with E-state index in [0.29, 0.717) is 0 Å². The Bertz CT molecular complexity index is 495. The number of aryl methyl sites for hydroxylation is 1. The lowest BCUT2D eigenvalue weighted by atomic mass is 10.1. The minimum Gasteiger partial charge on any atom is -0.494 e. The summed E-state index contributed by atoms with van der Waals surface area (Å²) in [5, 5.41) is 0.275. The third-order valence-corrected chi connectivity index (χ3v) is 3.94. The molecule has 6 heteroatoms. The van der Waals surface area contributed by atoms with Crippen molar-refractivity contribution in [1.29, 1.82) is 0 Å². The minimum absolute atomic E-state index is 0.0924. The molecular formula is C9H10Cl2O3S. The van der Waals surface area contributed by atoms with E-state index in [9.17, 15) is 8.42 Å². The summed E-state index contributed by atoms with van der Waals surface area (Å²) in [5.74, 6) is 0.0924. The molecule has 0 spiro atoms. The zero-order valence-electron chi connectivity index (χ0n) is 8.47. The Labute approximate surface area is 98.4 Å². The van der Waals surface area contributed by atoms with Gasteiger partial charge in [0, 0.05) is 10.7 Å². The van der Waals surface area contributed by atoms with E-state index in [2.05, 4.69) is 0 Å². The van der Waals surface area contributed by atoms with Gasteiger partial charge in [0.25, 0.3) is 9.05 Å². The average Bonchev–Trinajstić information content (AvgIpc) is 2.12. The standard InChI is InChI=1S/C9H10Cl2O3S/c1-5-4-7(15(11,12)13)9(14-3)8(10)6(5)2/h4H,1-3H3. The third-order valence-electron chi connectivity index (χ3n) is 2.16. The van der Waals surface area contributed by atoms with Crippen molar-refractivity contribution in [3.63, 3.8) is 0 Å². The first-order chi connectivity index (χ1) is 6.79. The zero-order valence-corrected chi connectivity index (χ0v) is 10.8. The van der Waals surface area contributed by atoms with Crippen LogP contribution in [0.5, 0.6) is 5.75 Å². The van der Waals surface area contributed by atoms with Crippen LogP contribution < -0.4 is 4.74 Å². The van der Waals surface area contributed by atoms with Gasteiger partial charge >= 0.3 is 0 Å². The van der Waals surface area contributed by atoms with Gasteiger partial charge in [-0.2, -0.15) is 0 Å². The van der Waals surface area contributed by atoms with Crippen LogP contribution >= 0.6 is 22.3 Å². The molecule has 0 fully saturated rings. The molecule has 0 amide bonds. The van der Waals surface area contributed by atoms with Crippen molar-refractivity contribution < 1.29 is 13.2 Å². The van der Waals surface area contributed by atoms with Crippen molar-refractivity contribution in [3.8, 4) is 5.75 Å². The van der Waals surface area contributed by atoms with Gasteiger partial charge < -0.3 is 4.74 Å². The van der Waals surface area contributed by atoms with Gasteiger partial charge in [-0.1, -0.05) is 11.6 Å². The Morgan fingerprint density at radius 3 is 2.27 bits per heavy atom. The molecule has 0 atom stereocenters. The predicted octanol–water partition coefficient (Wildman–Crippen LogP) is 2.89. The Kier molecular flexibility index (Phi) is 3.53. The quantitative estimate of drug-likeness (QED) is 0.775. The summed E-state index contributed by atoms with van der Waals surface area (Å²) in [6.07, 6.45) is 0. The number of benzene rings is 1. The van der Waals surface area contributed by atoms with E-state index in [1.807, 2.05) is 0 Å². The SMILES string of the molecule is COc1c(S(=O)(=O)Cl)cc(C)c(C)c1Cl. The van der Waals surface area contributed by atoms with Gasteiger partial charge in [0.2, 0.25) is 0 Å². The highest BCUT2D eigenvalue weighted by molar-refractivity contribution is 8.13. The number of hydrogen-bond donors (Lipinski definition) is 0. The molecule has 1 aromatic carbocycles. The molecule has 0 saturated heterocycles. The summed E-state index contributed by atoms with van der Waals surface area (Å²) in [7, 11) is 2.78. The molecule has 15 heavy (non-hydrogen) atoms. The van der Waals surface area contributed by atoms with E-state index in [0.717, 1.165) is 11.1 Å². The molecular weight excluding hydrogens is 259 g/mol. The average molecular weight is 269 g/mol. The van der Waals surface area contributed by atoms with Crippen molar-refractivity contribution in [2.45, 2.75) is 18.7 Å². The molecule has 0 N–H and O–H groups in total. The fourth-order valence-corrected chi connectivity index (χ4v) is 2.65. The van der Waals surface area contributed by atoms with Crippen LogP contribution in [0.3, 0.4) is 0 Å². The number of ether oxygens (including phenoxy) is 1. The monoisotopic (exact) mass is 268 g/mol. The zero-order chi connectivity index (χ0) is 11.8. The number of methoxy groups -OCH3 is 1. The number of rotatable bonds is 2. The van der Waals surface area contributed by atoms with Gasteiger partial charge in [-0.25, -0.2) is 8.42 Å². The van der Waals surface area contributed by atoms with Crippen LogP contribution in [0.25, 0.3) is 0 Å². The lowest BCUT2D eigenvalue weighted by molar-refractivity contribution is 0.403. The molecule has 1 rings (SSSR count). The van der Waals surface area contributed by atoms with Crippen LogP contribution in [-0.4, -0.2) is 15.5 Å². The second-order valence-corrected chi connectivity index (χ2v) is 6.01. The van der Waals surface area contributed by atoms with E-state index in [-0.39, 0.29) is 15.7 Å². The smallest absolute Gasteiger partial charge is 0.265 e. The van der Waals surface area contributed by atoms with Gasteiger partial charge in [0.15, 0.2) is 5.75 Å². The highest BCUT2D eigenvalue weighted by Gasteiger charge is 2.21. The molecule has 84 valence electrons. The summed E-state index contributed by atoms with van der Waals surface area (Å²) in [5.41, 5.74) is 1.53. The van der Waals surface area contributed by atoms with E-state index in [1.165, 1.54) is 13.2 Å². The Hall–Kier alpha value is -0.450. The Morgan fingerprint density at radius 2 is 1.87 bits per heavy atom. The lowest BCUT2D eigenvalue weighted by Crippen LogP contribution is -1.99. The van der Waals surface area contributed by atoms with Crippen LogP contribution in [-0.2, 0) is 9.05 Å². The molecule has 0 saturated carbocycles. The molecule has 0 radical (unpaired) electrons. The molecule has 3 nitrogen and oxygen atoms in total. The lowest BCUT2D eigenvalue weighted by Gasteiger charge is -2.12. The van der Waals surface area contributed by atoms with Crippen molar-refractivity contribution >= 4 is 31.3 Å². The van der Waals surface area contributed by atoms with E-state index < -0.39 is 9.05 Å². The molecule has 0 heterocycles. The Balaban J connectivity index is 3.68. The largest absolute Gasteiger partial charge is 0.494 e. The van der Waals surface area contributed by atoms with Crippen molar-refractivity contribution in [2.75, 3.05) is 7.11 Å². The van der Waals surface area contributed by atoms with E-state index in [1.54, 1.807) is 13.8 Å². The van der Waals surface area contributed by atoms with Gasteiger partial charge in [0.1, 0.15) is 4.90 Å². The first-order valence-electron chi connectivity index (χ1n) is 4.07. The summed E-state index contributed by atoms with van der Waals surface area (Å²) < 4.78 is 27.5. The Morgan fingerprint density at radius 1 is 1.33 bits per heavy atom. The number of hydrogen-bond acceptors (Lipinski definition) is 3. The third kappa shape index (κ3) is 2.38. The fourth-order valence-electron chi connectivity index (χ4n) is 1.19. The predicted molar refractivity (Wildman–Crippen MR) is 60.5 cm³/mol. The summed E-state index contributed by atoms with van der Waals surface area (Å²) in [4.78, 5) is -0.0974. The highest BCUT2D eigenvalue weighted by Crippen LogP contribution is 2.37. The molecule has 0 unspecified atom stereocenters. The second-order valence-electron chi connectivity index (χ2n) is 3.10. The summed E-state index contributed by atoms with van der Waals surface area (Å²) >= 11 is 5.96. The van der Waals surface area contributed by atoms with Crippen molar-refractivity contribution in [1.82, 2.24) is 0 Å². The van der Waals surface area contributed by atoms with E-state index >= 15 is 0 Å². The van der Waals surface area contributed by atoms with E-state index in [4.69, 9.17) is 27.0 Å². The van der Waals surface area contributed by atoms with Crippen LogP contribution in [0.4, 0.5) is 0 Å². The van der Waals surface area contributed by atoms with Crippen molar-refractivity contribution in [2.24, 2.45) is 0 Å². The normalized spacial score (nSPS) is 11.5. The molecule has 0 aliphatic rings. The first-order valence-corrected chi connectivity index (χ1v) is 6.76. The van der Waals surface area contributed by atoms with Crippen LogP contribution in [0.2, 0.25) is 5.02 Å². The van der Waals surface area contributed by atoms with Crippen LogP contribution in [0.1, 0.15) is 11.1 Å². The van der Waals surface area contributed by atoms with Gasteiger partial charge in [0.05, 0.1) is 12.1 Å². The summed E-state index contributed by atoms with van der Waals surface area (Å²) in [6, 6.07) is 1.45. The molecule has 0 aliphatic heterocycles. The van der Waals surface area contributed by atoms with Gasteiger partial charge in [-0.05, 0) is 31.0 Å². The van der Waals surface area contributed by atoms with Crippen molar-refractivity contribution in [3.05, 3.63) is 22.2 Å². The molecule has 0 aliphatic carbocycles. The second kappa shape index (κ2) is 4.20. The van der Waals surface area contributed by atoms with Gasteiger partial charge in [-0.15, -0.1) is 0 Å². The maximum absolute atomic E-state index is 11.3. The summed E-state index contributed by atoms with van der Waals surface area (Å²) in [6.45, 7) is 3.54. The molecule has 0 bridgehead atoms. The highest BCUT2D eigenvalue weighted by atomic mass is 35.7. The first kappa shape index (κ1) is 12.6. The molecule has 1 aromatic rings.